The Morgan fingerprint density at radius 1 is 1.27 bits per heavy atom. The first-order valence-electron chi connectivity index (χ1n) is 6.42. The summed E-state index contributed by atoms with van der Waals surface area (Å²) in [6.45, 7) is 3.95. The summed E-state index contributed by atoms with van der Waals surface area (Å²) in [6.07, 6.45) is 3.93. The zero-order valence-corrected chi connectivity index (χ0v) is 13.8. The summed E-state index contributed by atoms with van der Waals surface area (Å²) in [5.41, 5.74) is 0.315. The van der Waals surface area contributed by atoms with Crippen molar-refractivity contribution in [3.05, 3.63) is 33.8 Å². The SMILES string of the molecule is CCCc1nc(C(=O)O)cs1.CCc1ncc(C(=O)O)[nH]1.Cl. The number of carboxylic acids is 2. The second kappa shape index (κ2) is 9.91. The Bertz CT molecular complexity index is 612. The van der Waals surface area contributed by atoms with E-state index in [1.807, 2.05) is 13.8 Å². The van der Waals surface area contributed by atoms with E-state index in [0.29, 0.717) is 5.82 Å². The Kier molecular flexibility index (Phi) is 9.04. The third-order valence-electron chi connectivity index (χ3n) is 2.43. The van der Waals surface area contributed by atoms with Gasteiger partial charge in [0, 0.05) is 11.8 Å². The Balaban J connectivity index is 0.000000385. The van der Waals surface area contributed by atoms with Crippen LogP contribution in [0.4, 0.5) is 0 Å². The predicted octanol–water partition coefficient (Wildman–Crippen LogP) is 2.89. The Labute approximate surface area is 137 Å². The number of aromatic amines is 1. The summed E-state index contributed by atoms with van der Waals surface area (Å²) in [5.74, 6) is -1.20. The van der Waals surface area contributed by atoms with Crippen LogP contribution in [0, 0.1) is 0 Å². The number of rotatable bonds is 5. The molecule has 0 fully saturated rings. The molecular formula is C13H18ClN3O4S. The largest absolute Gasteiger partial charge is 0.477 e. The van der Waals surface area contributed by atoms with Crippen molar-refractivity contribution in [1.29, 1.82) is 0 Å². The van der Waals surface area contributed by atoms with Crippen molar-refractivity contribution in [2.24, 2.45) is 0 Å². The van der Waals surface area contributed by atoms with Crippen LogP contribution in [0.25, 0.3) is 0 Å². The van der Waals surface area contributed by atoms with E-state index < -0.39 is 11.9 Å². The molecule has 9 heteroatoms. The van der Waals surface area contributed by atoms with Crippen LogP contribution in [0.2, 0.25) is 0 Å². The molecule has 3 N–H and O–H groups in total. The lowest BCUT2D eigenvalue weighted by atomic mass is 10.3. The third kappa shape index (κ3) is 6.23. The lowest BCUT2D eigenvalue weighted by Gasteiger charge is -1.86. The van der Waals surface area contributed by atoms with Crippen LogP contribution in [-0.2, 0) is 12.8 Å². The Morgan fingerprint density at radius 3 is 2.32 bits per heavy atom. The number of aryl methyl sites for hydroxylation is 2. The van der Waals surface area contributed by atoms with E-state index >= 15 is 0 Å². The van der Waals surface area contributed by atoms with Crippen LogP contribution >= 0.6 is 23.7 Å². The van der Waals surface area contributed by atoms with Crippen molar-refractivity contribution in [3.8, 4) is 0 Å². The van der Waals surface area contributed by atoms with Gasteiger partial charge in [0.1, 0.15) is 11.5 Å². The molecule has 0 aliphatic rings. The van der Waals surface area contributed by atoms with Crippen LogP contribution in [0.3, 0.4) is 0 Å². The first kappa shape index (κ1) is 20.1. The van der Waals surface area contributed by atoms with Crippen LogP contribution in [0.15, 0.2) is 11.6 Å². The van der Waals surface area contributed by atoms with Gasteiger partial charge in [-0.3, -0.25) is 0 Å². The van der Waals surface area contributed by atoms with Crippen molar-refractivity contribution >= 4 is 35.7 Å². The van der Waals surface area contributed by atoms with E-state index in [1.54, 1.807) is 5.38 Å². The van der Waals surface area contributed by atoms with E-state index in [-0.39, 0.29) is 23.8 Å². The lowest BCUT2D eigenvalue weighted by Crippen LogP contribution is -1.96. The molecule has 0 unspecified atom stereocenters. The van der Waals surface area contributed by atoms with E-state index in [4.69, 9.17) is 10.2 Å². The lowest BCUT2D eigenvalue weighted by molar-refractivity contribution is 0.0680. The van der Waals surface area contributed by atoms with Crippen LogP contribution in [0.1, 0.15) is 52.1 Å². The summed E-state index contributed by atoms with van der Waals surface area (Å²) in [5, 5.41) is 19.4. The van der Waals surface area contributed by atoms with Gasteiger partial charge in [0.25, 0.3) is 0 Å². The molecule has 0 bridgehead atoms. The quantitative estimate of drug-likeness (QED) is 0.765. The normalized spacial score (nSPS) is 9.36. The molecule has 0 radical (unpaired) electrons. The Morgan fingerprint density at radius 2 is 1.95 bits per heavy atom. The summed E-state index contributed by atoms with van der Waals surface area (Å²) < 4.78 is 0. The predicted molar refractivity (Wildman–Crippen MR) is 85.2 cm³/mol. The van der Waals surface area contributed by atoms with Crippen molar-refractivity contribution in [3.63, 3.8) is 0 Å². The first-order valence-corrected chi connectivity index (χ1v) is 7.30. The van der Waals surface area contributed by atoms with Gasteiger partial charge in [-0.2, -0.15) is 0 Å². The monoisotopic (exact) mass is 347 g/mol. The zero-order valence-electron chi connectivity index (χ0n) is 12.2. The number of hydrogen-bond donors (Lipinski definition) is 3. The average Bonchev–Trinajstić information content (AvgIpc) is 3.08. The molecule has 0 aliphatic heterocycles. The van der Waals surface area contributed by atoms with Crippen molar-refractivity contribution in [2.45, 2.75) is 33.1 Å². The van der Waals surface area contributed by atoms with Gasteiger partial charge in [0.15, 0.2) is 5.69 Å². The number of aromatic nitrogens is 3. The highest BCUT2D eigenvalue weighted by Crippen LogP contribution is 2.11. The summed E-state index contributed by atoms with van der Waals surface area (Å²) in [4.78, 5) is 31.0. The molecule has 122 valence electrons. The van der Waals surface area contributed by atoms with Gasteiger partial charge in [0.05, 0.1) is 11.2 Å². The van der Waals surface area contributed by atoms with Gasteiger partial charge in [-0.05, 0) is 12.8 Å². The molecule has 0 saturated carbocycles. The third-order valence-corrected chi connectivity index (χ3v) is 3.34. The number of aromatic carboxylic acids is 2. The topological polar surface area (TPSA) is 116 Å². The number of nitrogens with one attached hydrogen (secondary N) is 1. The molecule has 7 nitrogen and oxygen atoms in total. The maximum absolute atomic E-state index is 10.4. The average molecular weight is 348 g/mol. The van der Waals surface area contributed by atoms with E-state index in [2.05, 4.69) is 15.0 Å². The van der Waals surface area contributed by atoms with Crippen LogP contribution in [-0.4, -0.2) is 37.1 Å². The van der Waals surface area contributed by atoms with E-state index in [1.165, 1.54) is 17.5 Å². The van der Waals surface area contributed by atoms with Gasteiger partial charge >= 0.3 is 11.9 Å². The highest BCUT2D eigenvalue weighted by Gasteiger charge is 2.07. The Hall–Kier alpha value is -1.93. The molecular weight excluding hydrogens is 330 g/mol. The molecule has 0 atom stereocenters. The summed E-state index contributed by atoms with van der Waals surface area (Å²) in [7, 11) is 0. The van der Waals surface area contributed by atoms with Gasteiger partial charge in [-0.25, -0.2) is 19.6 Å². The summed E-state index contributed by atoms with van der Waals surface area (Å²) >= 11 is 1.41. The summed E-state index contributed by atoms with van der Waals surface area (Å²) in [6, 6.07) is 0. The standard InChI is InChI=1S/C7H9NO2S.C6H8N2O2.ClH/c1-2-3-6-8-5(4-11-6)7(9)10;1-2-5-7-3-4(8-5)6(9)10;/h4H,2-3H2,1H3,(H,9,10);3H,2H2,1H3,(H,7,8)(H,9,10);1H. The fourth-order valence-corrected chi connectivity index (χ4v) is 2.26. The second-order valence-corrected chi connectivity index (χ2v) is 5.03. The van der Waals surface area contributed by atoms with Crippen molar-refractivity contribution < 1.29 is 19.8 Å². The smallest absolute Gasteiger partial charge is 0.355 e. The molecule has 0 saturated heterocycles. The number of nitrogens with zero attached hydrogens (tertiary/aromatic N) is 2. The number of imidazole rings is 1. The maximum Gasteiger partial charge on any atom is 0.355 e. The molecule has 2 rings (SSSR count). The van der Waals surface area contributed by atoms with Crippen molar-refractivity contribution in [2.75, 3.05) is 0 Å². The molecule has 0 amide bonds. The second-order valence-electron chi connectivity index (χ2n) is 4.08. The first-order chi connectivity index (χ1) is 9.97. The minimum absolute atomic E-state index is 0. The van der Waals surface area contributed by atoms with E-state index in [0.717, 1.165) is 24.3 Å². The molecule has 2 aromatic rings. The molecule has 2 aromatic heterocycles. The fraction of sp³-hybridized carbons (Fsp3) is 0.385. The molecule has 0 aliphatic carbocycles. The molecule has 2 heterocycles. The van der Waals surface area contributed by atoms with Crippen LogP contribution < -0.4 is 0 Å². The van der Waals surface area contributed by atoms with Crippen molar-refractivity contribution in [1.82, 2.24) is 15.0 Å². The van der Waals surface area contributed by atoms with E-state index in [9.17, 15) is 9.59 Å². The number of thiazole rings is 1. The molecule has 0 aromatic carbocycles. The maximum atomic E-state index is 10.4. The van der Waals surface area contributed by atoms with Gasteiger partial charge in [-0.1, -0.05) is 13.8 Å². The van der Waals surface area contributed by atoms with Gasteiger partial charge in [0.2, 0.25) is 0 Å². The number of halogens is 1. The number of hydrogen-bond acceptors (Lipinski definition) is 5. The minimum atomic E-state index is -0.966. The minimum Gasteiger partial charge on any atom is -0.477 e. The van der Waals surface area contributed by atoms with Gasteiger partial charge < -0.3 is 15.2 Å². The highest BCUT2D eigenvalue weighted by atomic mass is 35.5. The number of H-pyrrole nitrogens is 1. The number of carboxylic acid groups (broad SMARTS) is 2. The molecule has 0 spiro atoms. The molecule has 22 heavy (non-hydrogen) atoms. The fourth-order valence-electron chi connectivity index (χ4n) is 1.39. The van der Waals surface area contributed by atoms with Crippen LogP contribution in [0.5, 0.6) is 0 Å². The van der Waals surface area contributed by atoms with Gasteiger partial charge in [-0.15, -0.1) is 23.7 Å². The number of carbonyl (C=O) groups is 2. The zero-order chi connectivity index (χ0) is 15.8. The highest BCUT2D eigenvalue weighted by molar-refractivity contribution is 7.09.